The Labute approximate surface area is 203 Å². The van der Waals surface area contributed by atoms with Crippen molar-refractivity contribution in [2.45, 2.75) is 20.3 Å². The fourth-order valence-electron chi connectivity index (χ4n) is 3.04. The second kappa shape index (κ2) is 9.67. The van der Waals surface area contributed by atoms with E-state index in [0.717, 1.165) is 16.0 Å². The Morgan fingerprint density at radius 2 is 1.47 bits per heavy atom. The molecule has 1 aliphatic heterocycles. The molecule has 1 heterocycles. The van der Waals surface area contributed by atoms with Gasteiger partial charge in [0.25, 0.3) is 17.7 Å². The summed E-state index contributed by atoms with van der Waals surface area (Å²) in [5, 5.41) is 1.95. The predicted molar refractivity (Wildman–Crippen MR) is 122 cm³/mol. The van der Waals surface area contributed by atoms with E-state index >= 15 is 0 Å². The predicted octanol–water partition coefficient (Wildman–Crippen LogP) is 5.09. The first-order chi connectivity index (χ1) is 15.0. The lowest BCUT2D eigenvalue weighted by molar-refractivity contribution is -0.147. The summed E-state index contributed by atoms with van der Waals surface area (Å²) >= 11 is 24.0. The van der Waals surface area contributed by atoms with Crippen LogP contribution in [0.2, 0.25) is 20.1 Å². The maximum absolute atomic E-state index is 12.6. The second-order valence-electron chi connectivity index (χ2n) is 7.03. The molecule has 3 rings (SSSR count). The fraction of sp³-hybridized carbons (Fsp3) is 0.238. The van der Waals surface area contributed by atoms with Gasteiger partial charge in [-0.3, -0.25) is 24.1 Å². The van der Waals surface area contributed by atoms with Gasteiger partial charge in [-0.25, -0.2) is 0 Å². The van der Waals surface area contributed by atoms with Crippen LogP contribution in [0.5, 0.6) is 0 Å². The van der Waals surface area contributed by atoms with E-state index in [1.54, 1.807) is 12.1 Å². The first-order valence-corrected chi connectivity index (χ1v) is 10.8. The van der Waals surface area contributed by atoms with Crippen molar-refractivity contribution in [3.63, 3.8) is 0 Å². The Bertz CT molecular complexity index is 1120. The van der Waals surface area contributed by atoms with Gasteiger partial charge in [0.1, 0.15) is 0 Å². The number of benzene rings is 2. The summed E-state index contributed by atoms with van der Waals surface area (Å²) in [6.45, 7) is 3.04. The van der Waals surface area contributed by atoms with Crippen molar-refractivity contribution in [1.82, 2.24) is 4.90 Å². The molecule has 0 unspecified atom stereocenters. The van der Waals surface area contributed by atoms with Gasteiger partial charge in [0.15, 0.2) is 6.61 Å². The van der Waals surface area contributed by atoms with Crippen LogP contribution in [0.4, 0.5) is 5.69 Å². The molecule has 0 saturated heterocycles. The minimum absolute atomic E-state index is 0.144. The molecule has 32 heavy (non-hydrogen) atoms. The number of ether oxygens (including phenoxy) is 1. The van der Waals surface area contributed by atoms with Gasteiger partial charge in [-0.15, -0.1) is 0 Å². The number of hydrogen-bond donors (Lipinski definition) is 1. The molecule has 0 radical (unpaired) electrons. The molecule has 0 spiro atoms. The lowest BCUT2D eigenvalue weighted by atomic mass is 10.1. The van der Waals surface area contributed by atoms with E-state index in [1.165, 1.54) is 0 Å². The Hall–Kier alpha value is -2.32. The van der Waals surface area contributed by atoms with Gasteiger partial charge in [-0.05, 0) is 37.1 Å². The summed E-state index contributed by atoms with van der Waals surface area (Å²) in [5.41, 5.74) is 2.32. The van der Waals surface area contributed by atoms with Crippen molar-refractivity contribution in [3.05, 3.63) is 60.5 Å². The molecule has 1 aliphatic rings. The number of nitrogens with one attached hydrogen (secondary N) is 1. The van der Waals surface area contributed by atoms with Gasteiger partial charge in [0.2, 0.25) is 0 Å². The van der Waals surface area contributed by atoms with Crippen LogP contribution in [0, 0.1) is 13.8 Å². The summed E-state index contributed by atoms with van der Waals surface area (Å²) < 4.78 is 4.93. The molecule has 0 aromatic heterocycles. The van der Waals surface area contributed by atoms with Crippen molar-refractivity contribution < 1.29 is 23.9 Å². The smallest absolute Gasteiger partial charge is 0.308 e. The van der Waals surface area contributed by atoms with Gasteiger partial charge in [0.05, 0.1) is 37.6 Å². The third-order valence-electron chi connectivity index (χ3n) is 4.88. The topological polar surface area (TPSA) is 92.8 Å². The van der Waals surface area contributed by atoms with E-state index in [4.69, 9.17) is 51.1 Å². The van der Waals surface area contributed by atoms with Crippen LogP contribution in [0.3, 0.4) is 0 Å². The number of nitrogens with zero attached hydrogens (tertiary/aromatic N) is 1. The van der Waals surface area contributed by atoms with Gasteiger partial charge < -0.3 is 10.1 Å². The van der Waals surface area contributed by atoms with Gasteiger partial charge in [-0.1, -0.05) is 52.5 Å². The first kappa shape index (κ1) is 24.3. The highest BCUT2D eigenvalue weighted by Crippen LogP contribution is 2.44. The molecule has 2 aromatic carbocycles. The third-order valence-corrected chi connectivity index (χ3v) is 6.68. The largest absolute Gasteiger partial charge is 0.456 e. The molecule has 7 nitrogen and oxygen atoms in total. The van der Waals surface area contributed by atoms with Crippen LogP contribution >= 0.6 is 46.4 Å². The van der Waals surface area contributed by atoms with E-state index in [2.05, 4.69) is 5.32 Å². The van der Waals surface area contributed by atoms with Gasteiger partial charge >= 0.3 is 5.97 Å². The van der Waals surface area contributed by atoms with Crippen LogP contribution in [-0.2, 0) is 14.3 Å². The number of amides is 3. The molecular weight excluding hydrogens is 502 g/mol. The van der Waals surface area contributed by atoms with Crippen molar-refractivity contribution in [3.8, 4) is 0 Å². The highest BCUT2D eigenvalue weighted by Gasteiger charge is 2.41. The lowest BCUT2D eigenvalue weighted by Gasteiger charge is -2.13. The molecule has 0 bridgehead atoms. The Balaban J connectivity index is 1.57. The number of carbonyl (C=O) groups is 4. The van der Waals surface area contributed by atoms with Crippen molar-refractivity contribution >= 4 is 75.8 Å². The minimum Gasteiger partial charge on any atom is -0.456 e. The number of aryl methyl sites for hydroxylation is 2. The number of hydrogen-bond acceptors (Lipinski definition) is 5. The molecule has 168 valence electrons. The molecular formula is C21H16Cl4N2O5. The Morgan fingerprint density at radius 3 is 2.00 bits per heavy atom. The molecule has 1 N–H and O–H groups in total. The fourth-order valence-corrected chi connectivity index (χ4v) is 4.05. The summed E-state index contributed by atoms with van der Waals surface area (Å²) in [6.07, 6.45) is -0.334. The number of carbonyl (C=O) groups excluding carboxylic acids is 4. The SMILES string of the molecule is Cc1ccc(NC(=O)COC(=O)CCN2C(=O)c3c(Cl)c(Cl)c(Cl)c(Cl)c3C2=O)cc1C. The van der Waals surface area contributed by atoms with E-state index in [1.807, 2.05) is 19.9 Å². The molecule has 0 atom stereocenters. The summed E-state index contributed by atoms with van der Waals surface area (Å²) in [4.78, 5) is 50.1. The number of rotatable bonds is 6. The Morgan fingerprint density at radius 1 is 0.906 bits per heavy atom. The number of halogens is 4. The van der Waals surface area contributed by atoms with E-state index in [0.29, 0.717) is 5.69 Å². The molecule has 0 saturated carbocycles. The standard InChI is InChI=1S/C21H16Cl4N2O5/c1-9-3-4-11(7-10(9)2)26-12(28)8-32-13(29)5-6-27-20(30)14-15(21(27)31)17(23)19(25)18(24)16(14)22/h3-4,7H,5-6,8H2,1-2H3,(H,26,28). The molecule has 3 amide bonds. The monoisotopic (exact) mass is 516 g/mol. The van der Waals surface area contributed by atoms with Crippen LogP contribution < -0.4 is 5.32 Å². The second-order valence-corrected chi connectivity index (χ2v) is 8.54. The molecule has 0 aliphatic carbocycles. The van der Waals surface area contributed by atoms with Crippen molar-refractivity contribution in [2.24, 2.45) is 0 Å². The molecule has 2 aromatic rings. The number of fused-ring (bicyclic) bond motifs is 1. The Kier molecular flexibility index (Phi) is 7.35. The highest BCUT2D eigenvalue weighted by molar-refractivity contribution is 6.55. The van der Waals surface area contributed by atoms with Gasteiger partial charge in [-0.2, -0.15) is 0 Å². The number of esters is 1. The first-order valence-electron chi connectivity index (χ1n) is 9.27. The zero-order valence-electron chi connectivity index (χ0n) is 16.9. The van der Waals surface area contributed by atoms with Gasteiger partial charge in [0, 0.05) is 12.2 Å². The van der Waals surface area contributed by atoms with Crippen LogP contribution in [-0.4, -0.2) is 41.7 Å². The average Bonchev–Trinajstić information content (AvgIpc) is 3.00. The quantitative estimate of drug-likeness (QED) is 0.249. The van der Waals surface area contributed by atoms with Crippen LogP contribution in [0.25, 0.3) is 0 Å². The summed E-state index contributed by atoms with van der Waals surface area (Å²) in [5.74, 6) is -2.80. The van der Waals surface area contributed by atoms with Crippen LogP contribution in [0.1, 0.15) is 38.3 Å². The zero-order valence-corrected chi connectivity index (χ0v) is 19.9. The van der Waals surface area contributed by atoms with E-state index in [-0.39, 0.29) is 44.2 Å². The van der Waals surface area contributed by atoms with E-state index in [9.17, 15) is 19.2 Å². The maximum atomic E-state index is 12.6. The zero-order chi connectivity index (χ0) is 23.7. The van der Waals surface area contributed by atoms with Crippen molar-refractivity contribution in [2.75, 3.05) is 18.5 Å². The highest BCUT2D eigenvalue weighted by atomic mass is 35.5. The van der Waals surface area contributed by atoms with E-state index < -0.39 is 30.3 Å². The molecule has 0 fully saturated rings. The van der Waals surface area contributed by atoms with Crippen LogP contribution in [0.15, 0.2) is 18.2 Å². The third kappa shape index (κ3) is 4.71. The molecule has 11 heteroatoms. The number of anilines is 1. The summed E-state index contributed by atoms with van der Waals surface area (Å²) in [6, 6.07) is 5.39. The minimum atomic E-state index is -0.773. The lowest BCUT2D eigenvalue weighted by Crippen LogP contribution is -2.32. The maximum Gasteiger partial charge on any atom is 0.308 e. The van der Waals surface area contributed by atoms with Crippen molar-refractivity contribution in [1.29, 1.82) is 0 Å². The summed E-state index contributed by atoms with van der Waals surface area (Å²) in [7, 11) is 0. The average molecular weight is 518 g/mol. The normalized spacial score (nSPS) is 12.8. The number of imide groups is 1.